The number of carbonyl (C=O) groups excluding carboxylic acids is 2. The van der Waals surface area contributed by atoms with Crippen LogP contribution in [0.4, 0.5) is 5.69 Å². The van der Waals surface area contributed by atoms with E-state index in [-0.39, 0.29) is 23.4 Å². The van der Waals surface area contributed by atoms with Crippen LogP contribution in [0.1, 0.15) is 26.5 Å². The van der Waals surface area contributed by atoms with E-state index in [1.807, 2.05) is 0 Å². The number of hydrogen-bond acceptors (Lipinski definition) is 4. The fourth-order valence-electron chi connectivity index (χ4n) is 2.23. The lowest BCUT2D eigenvalue weighted by Gasteiger charge is -2.15. The molecule has 1 aliphatic heterocycles. The van der Waals surface area contributed by atoms with Crippen molar-refractivity contribution in [2.24, 2.45) is 0 Å². The van der Waals surface area contributed by atoms with Gasteiger partial charge in [-0.2, -0.15) is 0 Å². The van der Waals surface area contributed by atoms with Gasteiger partial charge in [0.15, 0.2) is 0 Å². The summed E-state index contributed by atoms with van der Waals surface area (Å²) in [4.78, 5) is 36.3. The van der Waals surface area contributed by atoms with E-state index in [4.69, 9.17) is 9.52 Å². The molecule has 3 rings (SSSR count). The smallest absolute Gasteiger partial charge is 0.339 e. The Morgan fingerprint density at radius 1 is 1.29 bits per heavy atom. The van der Waals surface area contributed by atoms with Crippen molar-refractivity contribution in [3.05, 3.63) is 51.9 Å². The lowest BCUT2D eigenvalue weighted by Crippen LogP contribution is -2.29. The highest BCUT2D eigenvalue weighted by Crippen LogP contribution is 2.33. The fourth-order valence-corrected chi connectivity index (χ4v) is 2.59. The standard InChI is InChI=1S/C14H8BrNO5/c15-7-1-2-10-9(5-7)12(17)13(18)16(10)6-11-8(14(19)20)3-4-21-11/h1-5H,6H2,(H,19,20). The van der Waals surface area contributed by atoms with Gasteiger partial charge in [0.25, 0.3) is 11.7 Å². The summed E-state index contributed by atoms with van der Waals surface area (Å²) in [6.07, 6.45) is 1.24. The maximum atomic E-state index is 12.1. The lowest BCUT2D eigenvalue weighted by molar-refractivity contribution is -0.114. The number of Topliss-reactive ketones (excluding diaryl/α,β-unsaturated/α-hetero) is 1. The average molecular weight is 350 g/mol. The highest BCUT2D eigenvalue weighted by atomic mass is 79.9. The van der Waals surface area contributed by atoms with Crippen LogP contribution in [-0.4, -0.2) is 22.8 Å². The zero-order valence-corrected chi connectivity index (χ0v) is 12.1. The van der Waals surface area contributed by atoms with E-state index >= 15 is 0 Å². The van der Waals surface area contributed by atoms with Gasteiger partial charge < -0.3 is 9.52 Å². The van der Waals surface area contributed by atoms with Crippen LogP contribution in [0.3, 0.4) is 0 Å². The number of fused-ring (bicyclic) bond motifs is 1. The van der Waals surface area contributed by atoms with Crippen LogP contribution in [0.15, 0.2) is 39.4 Å². The number of ketones is 1. The van der Waals surface area contributed by atoms with Gasteiger partial charge in [0, 0.05) is 4.47 Å². The summed E-state index contributed by atoms with van der Waals surface area (Å²) in [6.45, 7) is -0.103. The molecule has 21 heavy (non-hydrogen) atoms. The molecular weight excluding hydrogens is 342 g/mol. The molecule has 1 N–H and O–H groups in total. The molecular formula is C14H8BrNO5. The molecule has 2 heterocycles. The topological polar surface area (TPSA) is 87.8 Å². The van der Waals surface area contributed by atoms with E-state index in [0.29, 0.717) is 10.2 Å². The van der Waals surface area contributed by atoms with Crippen molar-refractivity contribution in [2.45, 2.75) is 6.54 Å². The van der Waals surface area contributed by atoms with Gasteiger partial charge >= 0.3 is 5.97 Å². The van der Waals surface area contributed by atoms with Crippen LogP contribution in [0.25, 0.3) is 0 Å². The third-order valence-electron chi connectivity index (χ3n) is 3.21. The molecule has 1 aromatic carbocycles. The number of carboxylic acids is 1. The summed E-state index contributed by atoms with van der Waals surface area (Å²) in [5.41, 5.74) is 0.708. The van der Waals surface area contributed by atoms with Crippen LogP contribution in [0, 0.1) is 0 Å². The van der Waals surface area contributed by atoms with E-state index in [0.717, 1.165) is 0 Å². The zero-order chi connectivity index (χ0) is 15.1. The number of benzene rings is 1. The van der Waals surface area contributed by atoms with Gasteiger partial charge in [0.1, 0.15) is 11.3 Å². The first-order valence-corrected chi connectivity index (χ1v) is 6.73. The molecule has 0 unspecified atom stereocenters. The minimum atomic E-state index is -1.15. The molecule has 7 heteroatoms. The molecule has 0 saturated carbocycles. The number of rotatable bonds is 3. The molecule has 0 radical (unpaired) electrons. The number of aromatic carboxylic acids is 1. The number of anilines is 1. The Hall–Kier alpha value is -2.41. The van der Waals surface area contributed by atoms with Gasteiger partial charge in [0.2, 0.25) is 0 Å². The molecule has 6 nitrogen and oxygen atoms in total. The third-order valence-corrected chi connectivity index (χ3v) is 3.70. The number of furan rings is 1. The van der Waals surface area contributed by atoms with Gasteiger partial charge in [-0.1, -0.05) is 15.9 Å². The van der Waals surface area contributed by atoms with E-state index in [1.54, 1.807) is 18.2 Å². The number of hydrogen-bond donors (Lipinski definition) is 1. The molecule has 1 aliphatic rings. The maximum Gasteiger partial charge on any atom is 0.339 e. The molecule has 0 atom stereocenters. The van der Waals surface area contributed by atoms with Crippen molar-refractivity contribution >= 4 is 39.3 Å². The lowest BCUT2D eigenvalue weighted by atomic mass is 10.1. The fraction of sp³-hybridized carbons (Fsp3) is 0.0714. The number of halogens is 1. The minimum Gasteiger partial charge on any atom is -0.478 e. The van der Waals surface area contributed by atoms with E-state index in [1.165, 1.54) is 17.2 Å². The predicted octanol–water partition coefficient (Wildman–Crippen LogP) is 2.47. The summed E-state index contributed by atoms with van der Waals surface area (Å²) in [5.74, 6) is -2.34. The van der Waals surface area contributed by atoms with Crippen LogP contribution < -0.4 is 4.90 Å². The van der Waals surface area contributed by atoms with Crippen LogP contribution >= 0.6 is 15.9 Å². The molecule has 0 saturated heterocycles. The van der Waals surface area contributed by atoms with E-state index < -0.39 is 17.7 Å². The van der Waals surface area contributed by atoms with Crippen LogP contribution in [0.2, 0.25) is 0 Å². The highest BCUT2D eigenvalue weighted by Gasteiger charge is 2.37. The molecule has 2 aromatic rings. The highest BCUT2D eigenvalue weighted by molar-refractivity contribution is 9.10. The first kappa shape index (κ1) is 13.6. The Bertz CT molecular complexity index is 779. The molecule has 0 bridgehead atoms. The molecule has 1 aromatic heterocycles. The average Bonchev–Trinajstić information content (AvgIpc) is 2.99. The first-order chi connectivity index (χ1) is 9.99. The number of nitrogens with zero attached hydrogens (tertiary/aromatic N) is 1. The molecule has 0 aliphatic carbocycles. The second kappa shape index (κ2) is 4.85. The number of carboxylic acid groups (broad SMARTS) is 1. The van der Waals surface area contributed by atoms with Crippen molar-refractivity contribution in [1.29, 1.82) is 0 Å². The summed E-state index contributed by atoms with van der Waals surface area (Å²) in [7, 11) is 0. The minimum absolute atomic E-state index is 0.0270. The number of carbonyl (C=O) groups is 3. The zero-order valence-electron chi connectivity index (χ0n) is 10.5. The maximum absolute atomic E-state index is 12.1. The quantitative estimate of drug-likeness (QED) is 0.860. The SMILES string of the molecule is O=C1C(=O)N(Cc2occc2C(=O)O)c2ccc(Br)cc21. The van der Waals surface area contributed by atoms with Crippen molar-refractivity contribution in [3.63, 3.8) is 0 Å². The van der Waals surface area contributed by atoms with Gasteiger partial charge in [0.05, 0.1) is 24.1 Å². The molecule has 1 amide bonds. The Morgan fingerprint density at radius 3 is 2.76 bits per heavy atom. The van der Waals surface area contributed by atoms with Gasteiger partial charge in [-0.25, -0.2) is 4.79 Å². The summed E-state index contributed by atoms with van der Waals surface area (Å²) < 4.78 is 5.80. The summed E-state index contributed by atoms with van der Waals surface area (Å²) in [6, 6.07) is 6.21. The Kier molecular flexibility index (Phi) is 3.13. The second-order valence-corrected chi connectivity index (χ2v) is 5.36. The predicted molar refractivity (Wildman–Crippen MR) is 75.3 cm³/mol. The van der Waals surface area contributed by atoms with Crippen molar-refractivity contribution in [1.82, 2.24) is 0 Å². The van der Waals surface area contributed by atoms with E-state index in [9.17, 15) is 14.4 Å². The van der Waals surface area contributed by atoms with Gasteiger partial charge in [-0.3, -0.25) is 14.5 Å². The largest absolute Gasteiger partial charge is 0.478 e. The summed E-state index contributed by atoms with van der Waals surface area (Å²) >= 11 is 3.25. The van der Waals surface area contributed by atoms with Crippen LogP contribution in [0.5, 0.6) is 0 Å². The van der Waals surface area contributed by atoms with Crippen molar-refractivity contribution < 1.29 is 23.9 Å². The molecule has 106 valence electrons. The van der Waals surface area contributed by atoms with Gasteiger partial charge in [-0.05, 0) is 24.3 Å². The molecule has 0 fully saturated rings. The Labute approximate surface area is 127 Å². The first-order valence-electron chi connectivity index (χ1n) is 5.94. The van der Waals surface area contributed by atoms with Gasteiger partial charge in [-0.15, -0.1) is 0 Å². The van der Waals surface area contributed by atoms with Crippen LogP contribution in [-0.2, 0) is 11.3 Å². The monoisotopic (exact) mass is 349 g/mol. The molecule has 0 spiro atoms. The normalized spacial score (nSPS) is 13.7. The van der Waals surface area contributed by atoms with E-state index in [2.05, 4.69) is 15.9 Å². The Balaban J connectivity index is 2.01. The second-order valence-electron chi connectivity index (χ2n) is 4.44. The number of amides is 1. The third kappa shape index (κ3) is 2.15. The Morgan fingerprint density at radius 2 is 2.05 bits per heavy atom. The van der Waals surface area contributed by atoms with Crippen molar-refractivity contribution in [3.8, 4) is 0 Å². The summed E-state index contributed by atoms with van der Waals surface area (Å²) in [5, 5.41) is 9.04. The van der Waals surface area contributed by atoms with Crippen molar-refractivity contribution in [2.75, 3.05) is 4.90 Å².